The first-order valence-electron chi connectivity index (χ1n) is 7.05. The quantitative estimate of drug-likeness (QED) is 0.491. The summed E-state index contributed by atoms with van der Waals surface area (Å²) < 4.78 is 47.0. The van der Waals surface area contributed by atoms with Crippen molar-refractivity contribution in [1.82, 2.24) is 0 Å². The van der Waals surface area contributed by atoms with E-state index in [2.05, 4.69) is 0 Å². The molecule has 0 aromatic heterocycles. The Kier molecular flexibility index (Phi) is 7.85. The molecule has 0 saturated carbocycles. The van der Waals surface area contributed by atoms with Crippen LogP contribution in [0, 0.1) is 6.92 Å². The maximum absolute atomic E-state index is 13.6. The van der Waals surface area contributed by atoms with Crippen LogP contribution in [0.25, 0.3) is 0 Å². The molecule has 1 rings (SSSR count). The molecule has 0 spiro atoms. The van der Waals surface area contributed by atoms with Gasteiger partial charge in [-0.05, 0) is 31.9 Å². The summed E-state index contributed by atoms with van der Waals surface area (Å²) in [5.41, 5.74) is 0.952. The van der Waals surface area contributed by atoms with E-state index >= 15 is 0 Å². The molecule has 0 fully saturated rings. The zero-order valence-electron chi connectivity index (χ0n) is 12.5. The van der Waals surface area contributed by atoms with Crippen LogP contribution in [0.3, 0.4) is 0 Å². The molecule has 6 heteroatoms. The maximum Gasteiger partial charge on any atom is 0.297 e. The fraction of sp³-hybridized carbons (Fsp3) is 0.600. The number of halogens is 1. The maximum atomic E-state index is 13.6. The standard InChI is InChI=1S/C15H23FO4S/c1-13-7-9-15(10-8-13)21(17,18)20-12-14(16)6-4-3-5-11-19-2/h7-10,14H,3-6,11-12H2,1-2H3/t14-/m1/s1. The molecule has 0 radical (unpaired) electrons. The molecule has 0 unspecified atom stereocenters. The van der Waals surface area contributed by atoms with Gasteiger partial charge in [-0.15, -0.1) is 0 Å². The van der Waals surface area contributed by atoms with E-state index in [0.29, 0.717) is 19.4 Å². The molecule has 0 amide bonds. The van der Waals surface area contributed by atoms with Gasteiger partial charge in [0.05, 0.1) is 11.5 Å². The Labute approximate surface area is 126 Å². The van der Waals surface area contributed by atoms with Crippen molar-refractivity contribution in [3.8, 4) is 0 Å². The van der Waals surface area contributed by atoms with Crippen molar-refractivity contribution >= 4 is 10.1 Å². The first-order chi connectivity index (χ1) is 9.95. The fourth-order valence-electron chi connectivity index (χ4n) is 1.81. The van der Waals surface area contributed by atoms with Crippen LogP contribution < -0.4 is 0 Å². The smallest absolute Gasteiger partial charge is 0.297 e. The van der Waals surface area contributed by atoms with Crippen molar-refractivity contribution in [2.24, 2.45) is 0 Å². The zero-order chi connectivity index (χ0) is 15.7. The largest absolute Gasteiger partial charge is 0.385 e. The SMILES string of the molecule is COCCCCC[C@@H](F)COS(=O)(=O)c1ccc(C)cc1. The van der Waals surface area contributed by atoms with Crippen molar-refractivity contribution in [3.63, 3.8) is 0 Å². The molecular formula is C15H23FO4S. The Bertz CT molecular complexity index is 499. The van der Waals surface area contributed by atoms with E-state index in [4.69, 9.17) is 8.92 Å². The lowest BCUT2D eigenvalue weighted by molar-refractivity contribution is 0.178. The highest BCUT2D eigenvalue weighted by Gasteiger charge is 2.17. The Hall–Kier alpha value is -0.980. The summed E-state index contributed by atoms with van der Waals surface area (Å²) in [4.78, 5) is 0.0559. The molecule has 4 nitrogen and oxygen atoms in total. The monoisotopic (exact) mass is 318 g/mol. The fourth-order valence-corrected chi connectivity index (χ4v) is 2.74. The summed E-state index contributed by atoms with van der Waals surface area (Å²) in [6.45, 7) is 2.09. The summed E-state index contributed by atoms with van der Waals surface area (Å²) in [5, 5.41) is 0. The van der Waals surface area contributed by atoms with E-state index in [-0.39, 0.29) is 4.90 Å². The van der Waals surface area contributed by atoms with Gasteiger partial charge in [0.15, 0.2) is 0 Å². The number of ether oxygens (including phenoxy) is 1. The lowest BCUT2D eigenvalue weighted by Gasteiger charge is -2.09. The van der Waals surface area contributed by atoms with Crippen LogP contribution in [0.1, 0.15) is 31.2 Å². The number of alkyl halides is 1. The van der Waals surface area contributed by atoms with Crippen LogP contribution in [0.15, 0.2) is 29.2 Å². The van der Waals surface area contributed by atoms with Gasteiger partial charge in [0.2, 0.25) is 0 Å². The number of hydrogen-bond donors (Lipinski definition) is 0. The van der Waals surface area contributed by atoms with E-state index < -0.39 is 22.9 Å². The lowest BCUT2D eigenvalue weighted by atomic mass is 10.1. The van der Waals surface area contributed by atoms with Crippen LogP contribution in [-0.2, 0) is 19.0 Å². The topological polar surface area (TPSA) is 52.6 Å². The number of unbranched alkanes of at least 4 members (excludes halogenated alkanes) is 2. The average Bonchev–Trinajstić information content (AvgIpc) is 2.45. The molecular weight excluding hydrogens is 295 g/mol. The predicted octanol–water partition coefficient (Wildman–Crippen LogP) is 3.25. The average molecular weight is 318 g/mol. The van der Waals surface area contributed by atoms with Gasteiger partial charge in [0.1, 0.15) is 6.17 Å². The Morgan fingerprint density at radius 1 is 1.14 bits per heavy atom. The van der Waals surface area contributed by atoms with Gasteiger partial charge >= 0.3 is 0 Å². The molecule has 0 N–H and O–H groups in total. The Morgan fingerprint density at radius 2 is 1.81 bits per heavy atom. The molecule has 120 valence electrons. The molecule has 1 aromatic carbocycles. The summed E-state index contributed by atoms with van der Waals surface area (Å²) >= 11 is 0. The van der Waals surface area contributed by atoms with Gasteiger partial charge < -0.3 is 4.74 Å². The van der Waals surface area contributed by atoms with Crippen molar-refractivity contribution < 1.29 is 21.7 Å². The van der Waals surface area contributed by atoms with E-state index in [1.54, 1.807) is 19.2 Å². The molecule has 21 heavy (non-hydrogen) atoms. The van der Waals surface area contributed by atoms with Gasteiger partial charge in [0.25, 0.3) is 10.1 Å². The number of rotatable bonds is 10. The van der Waals surface area contributed by atoms with E-state index in [1.165, 1.54) is 12.1 Å². The first kappa shape index (κ1) is 18.1. The van der Waals surface area contributed by atoms with Crippen molar-refractivity contribution in [2.75, 3.05) is 20.3 Å². The van der Waals surface area contributed by atoms with Gasteiger partial charge in [-0.3, -0.25) is 4.18 Å². The summed E-state index contributed by atoms with van der Waals surface area (Å²) in [7, 11) is -2.24. The van der Waals surface area contributed by atoms with Crippen LogP contribution in [0.5, 0.6) is 0 Å². The van der Waals surface area contributed by atoms with Gasteiger partial charge in [-0.2, -0.15) is 8.42 Å². The van der Waals surface area contributed by atoms with Crippen molar-refractivity contribution in [2.45, 2.75) is 43.7 Å². The third-order valence-electron chi connectivity index (χ3n) is 3.08. The highest BCUT2D eigenvalue weighted by molar-refractivity contribution is 7.86. The summed E-state index contributed by atoms with van der Waals surface area (Å²) in [6.07, 6.45) is 1.46. The molecule has 1 atom stereocenters. The van der Waals surface area contributed by atoms with Crippen LogP contribution in [-0.4, -0.2) is 34.9 Å². The normalized spacial score (nSPS) is 13.3. The number of methoxy groups -OCH3 is 1. The van der Waals surface area contributed by atoms with Gasteiger partial charge in [-0.1, -0.05) is 30.5 Å². The minimum absolute atomic E-state index is 0.0559. The number of benzene rings is 1. The molecule has 0 aliphatic rings. The van der Waals surface area contributed by atoms with Gasteiger partial charge in [-0.25, -0.2) is 4.39 Å². The molecule has 0 bridgehead atoms. The van der Waals surface area contributed by atoms with Crippen LogP contribution in [0.4, 0.5) is 4.39 Å². The summed E-state index contributed by atoms with van der Waals surface area (Å²) in [6, 6.07) is 6.28. The predicted molar refractivity (Wildman–Crippen MR) is 79.6 cm³/mol. The highest BCUT2D eigenvalue weighted by Crippen LogP contribution is 2.15. The third-order valence-corrected chi connectivity index (χ3v) is 4.38. The van der Waals surface area contributed by atoms with Crippen LogP contribution in [0.2, 0.25) is 0 Å². The second kappa shape index (κ2) is 9.12. The van der Waals surface area contributed by atoms with E-state index in [1.807, 2.05) is 6.92 Å². The molecule has 0 aliphatic heterocycles. The molecule has 0 aliphatic carbocycles. The third kappa shape index (κ3) is 7.02. The Morgan fingerprint density at radius 3 is 2.43 bits per heavy atom. The zero-order valence-corrected chi connectivity index (χ0v) is 13.4. The minimum atomic E-state index is -3.87. The van der Waals surface area contributed by atoms with Crippen LogP contribution >= 0.6 is 0 Å². The van der Waals surface area contributed by atoms with E-state index in [9.17, 15) is 12.8 Å². The van der Waals surface area contributed by atoms with Crippen molar-refractivity contribution in [1.29, 1.82) is 0 Å². The number of hydrogen-bond acceptors (Lipinski definition) is 4. The number of aryl methyl sites for hydroxylation is 1. The second-order valence-corrected chi connectivity index (χ2v) is 6.61. The molecule has 0 saturated heterocycles. The minimum Gasteiger partial charge on any atom is -0.385 e. The molecule has 0 heterocycles. The van der Waals surface area contributed by atoms with Crippen molar-refractivity contribution in [3.05, 3.63) is 29.8 Å². The molecule has 1 aromatic rings. The van der Waals surface area contributed by atoms with Gasteiger partial charge in [0, 0.05) is 13.7 Å². The Balaban J connectivity index is 2.34. The lowest BCUT2D eigenvalue weighted by Crippen LogP contribution is -2.15. The highest BCUT2D eigenvalue weighted by atomic mass is 32.2. The second-order valence-electron chi connectivity index (χ2n) is 4.99. The summed E-state index contributed by atoms with van der Waals surface area (Å²) in [5.74, 6) is 0. The van der Waals surface area contributed by atoms with E-state index in [0.717, 1.165) is 18.4 Å². The first-order valence-corrected chi connectivity index (χ1v) is 8.45.